The molecule has 2 rings (SSSR count). The van der Waals surface area contributed by atoms with Gasteiger partial charge >= 0.3 is 6.18 Å². The molecule has 0 radical (unpaired) electrons. The van der Waals surface area contributed by atoms with Crippen molar-refractivity contribution in [3.63, 3.8) is 0 Å². The molecule has 2 amide bonds. The minimum absolute atomic E-state index is 0. The van der Waals surface area contributed by atoms with E-state index < -0.39 is 46.4 Å². The third-order valence-electron chi connectivity index (χ3n) is 5.12. The monoisotopic (exact) mass is 477 g/mol. The van der Waals surface area contributed by atoms with Crippen molar-refractivity contribution in [2.75, 3.05) is 25.1 Å². The quantitative estimate of drug-likeness (QED) is 0.419. The predicted octanol–water partition coefficient (Wildman–Crippen LogP) is 1.56. The van der Waals surface area contributed by atoms with Crippen LogP contribution in [0, 0.1) is 0 Å². The van der Waals surface area contributed by atoms with Crippen molar-refractivity contribution in [2.24, 2.45) is 22.2 Å². The molecule has 6 N–H and O–H groups in total. The number of hydrogen-bond acceptors (Lipinski definition) is 4. The normalized spacial score (nSPS) is 16.6. The van der Waals surface area contributed by atoms with Crippen LogP contribution in [-0.4, -0.2) is 58.0 Å². The highest BCUT2D eigenvalue weighted by molar-refractivity contribution is 7.84. The van der Waals surface area contributed by atoms with E-state index in [1.54, 1.807) is 0 Å². The Morgan fingerprint density at radius 2 is 1.84 bits per heavy atom. The number of nitrogens with zero attached hydrogens (tertiary/aromatic N) is 2. The van der Waals surface area contributed by atoms with Crippen molar-refractivity contribution < 1.29 is 27.0 Å². The van der Waals surface area contributed by atoms with Crippen molar-refractivity contribution in [3.05, 3.63) is 34.9 Å². The zero-order chi connectivity index (χ0) is 23.3. The number of carbonyl (C=O) groups excluding carboxylic acids is 2. The molecule has 0 saturated carbocycles. The average molecular weight is 478 g/mol. The highest BCUT2D eigenvalue weighted by Gasteiger charge is 2.37. The minimum Gasteiger partial charge on any atom is -0.370 e. The lowest BCUT2D eigenvalue weighted by molar-refractivity contribution is -0.139. The first kappa shape index (κ1) is 27.6. The third kappa shape index (κ3) is 7.30. The molecule has 1 unspecified atom stereocenters. The van der Waals surface area contributed by atoms with Crippen molar-refractivity contribution in [1.82, 2.24) is 4.90 Å². The summed E-state index contributed by atoms with van der Waals surface area (Å²) < 4.78 is 52.2. The van der Waals surface area contributed by atoms with Crippen molar-refractivity contribution in [3.8, 4) is 0 Å². The van der Waals surface area contributed by atoms with Gasteiger partial charge in [0.25, 0.3) is 5.91 Å². The van der Waals surface area contributed by atoms with E-state index in [-0.39, 0.29) is 44.0 Å². The fraction of sp³-hybridized carbons (Fsp3) is 0.550. The van der Waals surface area contributed by atoms with E-state index in [9.17, 15) is 27.0 Å². The molecule has 1 aliphatic rings. The van der Waals surface area contributed by atoms with Crippen LogP contribution < -0.4 is 17.2 Å². The van der Waals surface area contributed by atoms with Gasteiger partial charge in [-0.3, -0.25) is 13.8 Å². The summed E-state index contributed by atoms with van der Waals surface area (Å²) in [6.45, 7) is 0.525. The highest BCUT2D eigenvalue weighted by Crippen LogP contribution is 2.39. The first-order valence-electron chi connectivity index (χ1n) is 9.59. The first-order valence-corrected chi connectivity index (χ1v) is 11.3. The Hall–Kier alpha value is -2.47. The SMILES string of the molecule is C.CS(=O)CC[C@H](N)C(=O)N1CCC(c2ccc(C(=O)N=C(N)N)cc2C(F)(F)F)CC1. The molecule has 2 atom stereocenters. The van der Waals surface area contributed by atoms with Crippen LogP contribution in [-0.2, 0) is 21.8 Å². The van der Waals surface area contributed by atoms with Crippen LogP contribution in [0.1, 0.15) is 54.1 Å². The van der Waals surface area contributed by atoms with Gasteiger partial charge < -0.3 is 22.1 Å². The zero-order valence-corrected chi connectivity index (χ0v) is 17.8. The van der Waals surface area contributed by atoms with Gasteiger partial charge in [0, 0.05) is 41.5 Å². The summed E-state index contributed by atoms with van der Waals surface area (Å²) in [6.07, 6.45) is -2.22. The summed E-state index contributed by atoms with van der Waals surface area (Å²) in [6, 6.07) is 2.50. The lowest BCUT2D eigenvalue weighted by Gasteiger charge is -2.34. The Morgan fingerprint density at radius 1 is 1.25 bits per heavy atom. The number of guanidine groups is 1. The lowest BCUT2D eigenvalue weighted by Crippen LogP contribution is -2.47. The number of likely N-dealkylation sites (tertiary alicyclic amines) is 1. The number of nitrogens with two attached hydrogens (primary N) is 3. The molecular weight excluding hydrogens is 447 g/mol. The summed E-state index contributed by atoms with van der Waals surface area (Å²) >= 11 is 0. The minimum atomic E-state index is -4.67. The molecule has 1 heterocycles. The van der Waals surface area contributed by atoms with Gasteiger partial charge in [-0.2, -0.15) is 18.2 Å². The van der Waals surface area contributed by atoms with Crippen LogP contribution in [0.25, 0.3) is 0 Å². The number of hydrogen-bond donors (Lipinski definition) is 3. The van der Waals surface area contributed by atoms with Gasteiger partial charge in [0.1, 0.15) is 0 Å². The summed E-state index contributed by atoms with van der Waals surface area (Å²) in [7, 11) is -1.06. The van der Waals surface area contributed by atoms with Crippen LogP contribution >= 0.6 is 0 Å². The van der Waals surface area contributed by atoms with E-state index in [0.29, 0.717) is 18.6 Å². The van der Waals surface area contributed by atoms with Gasteiger partial charge in [0.15, 0.2) is 5.96 Å². The summed E-state index contributed by atoms with van der Waals surface area (Å²) in [5, 5.41) is 0. The van der Waals surface area contributed by atoms with Crippen LogP contribution in [0.4, 0.5) is 13.2 Å². The van der Waals surface area contributed by atoms with E-state index in [1.807, 2.05) is 0 Å². The number of halogens is 3. The maximum Gasteiger partial charge on any atom is 0.416 e. The molecule has 0 bridgehead atoms. The van der Waals surface area contributed by atoms with E-state index in [1.165, 1.54) is 23.3 Å². The molecule has 1 aromatic carbocycles. The molecule has 32 heavy (non-hydrogen) atoms. The maximum atomic E-state index is 13.7. The third-order valence-corrected chi connectivity index (χ3v) is 5.93. The fourth-order valence-electron chi connectivity index (χ4n) is 3.53. The fourth-order valence-corrected chi connectivity index (χ4v) is 4.12. The Balaban J connectivity index is 0.00000512. The molecule has 8 nitrogen and oxygen atoms in total. The Morgan fingerprint density at radius 3 is 2.34 bits per heavy atom. The molecule has 1 saturated heterocycles. The van der Waals surface area contributed by atoms with Gasteiger partial charge in [0.2, 0.25) is 5.91 Å². The Labute approximate surface area is 187 Å². The van der Waals surface area contributed by atoms with Gasteiger partial charge in [-0.1, -0.05) is 13.5 Å². The second kappa shape index (κ2) is 11.4. The molecular formula is C20H30F3N5O3S. The Bertz CT molecular complexity index is 880. The number of carbonyl (C=O) groups is 2. The average Bonchev–Trinajstić information content (AvgIpc) is 2.70. The molecule has 1 fully saturated rings. The van der Waals surface area contributed by atoms with E-state index in [4.69, 9.17) is 17.2 Å². The van der Waals surface area contributed by atoms with Crippen LogP contribution in [0.2, 0.25) is 0 Å². The van der Waals surface area contributed by atoms with Crippen molar-refractivity contribution in [1.29, 1.82) is 0 Å². The topological polar surface area (TPSA) is 145 Å². The number of benzene rings is 1. The highest BCUT2D eigenvalue weighted by atomic mass is 32.2. The predicted molar refractivity (Wildman–Crippen MR) is 118 cm³/mol. The van der Waals surface area contributed by atoms with Gasteiger partial charge in [-0.15, -0.1) is 0 Å². The van der Waals surface area contributed by atoms with Gasteiger partial charge in [-0.05, 0) is 42.9 Å². The second-order valence-corrected chi connectivity index (χ2v) is 8.97. The van der Waals surface area contributed by atoms with E-state index in [2.05, 4.69) is 4.99 Å². The van der Waals surface area contributed by atoms with Gasteiger partial charge in [-0.25, -0.2) is 0 Å². The summed E-state index contributed by atoms with van der Waals surface area (Å²) in [5.41, 5.74) is 15.0. The van der Waals surface area contributed by atoms with Crippen LogP contribution in [0.5, 0.6) is 0 Å². The largest absolute Gasteiger partial charge is 0.416 e. The number of amides is 2. The smallest absolute Gasteiger partial charge is 0.370 e. The lowest BCUT2D eigenvalue weighted by atomic mass is 9.85. The zero-order valence-electron chi connectivity index (χ0n) is 17.0. The molecule has 0 spiro atoms. The molecule has 180 valence electrons. The van der Waals surface area contributed by atoms with Crippen LogP contribution in [0.3, 0.4) is 0 Å². The standard InChI is InChI=1S/C19H26F3N5O3S.CH4/c1-31(30)9-6-15(23)17(29)27-7-4-11(5-8-27)13-3-2-12(16(28)26-18(24)25)10-14(13)19(20,21)22;/h2-3,10-11,15H,4-9,23H2,1H3,(H4,24,25,26,28);1H4/t15-,31?;/m0./s1. The number of piperidine rings is 1. The second-order valence-electron chi connectivity index (χ2n) is 7.41. The van der Waals surface area contributed by atoms with Crippen molar-refractivity contribution in [2.45, 2.75) is 44.8 Å². The summed E-state index contributed by atoms with van der Waals surface area (Å²) in [5.74, 6) is -1.92. The van der Waals surface area contributed by atoms with Gasteiger partial charge in [0.05, 0.1) is 11.6 Å². The van der Waals surface area contributed by atoms with Crippen LogP contribution in [0.15, 0.2) is 23.2 Å². The molecule has 1 aliphatic heterocycles. The van der Waals surface area contributed by atoms with E-state index >= 15 is 0 Å². The maximum absolute atomic E-state index is 13.7. The summed E-state index contributed by atoms with van der Waals surface area (Å²) in [4.78, 5) is 29.2. The Kier molecular flexibility index (Phi) is 9.83. The van der Waals surface area contributed by atoms with Crippen molar-refractivity contribution >= 4 is 28.6 Å². The first-order chi connectivity index (χ1) is 14.4. The number of aliphatic imine (C=N–C) groups is 1. The number of alkyl halides is 3. The molecule has 0 aromatic heterocycles. The van der Waals surface area contributed by atoms with E-state index in [0.717, 1.165) is 6.07 Å². The molecule has 12 heteroatoms. The molecule has 1 aromatic rings. The molecule has 0 aliphatic carbocycles. The number of rotatable bonds is 6.